The third-order valence-electron chi connectivity index (χ3n) is 5.60. The summed E-state index contributed by atoms with van der Waals surface area (Å²) in [6, 6.07) is 4.16. The molecule has 1 saturated heterocycles. The van der Waals surface area contributed by atoms with Crippen LogP contribution in [0.25, 0.3) is 0 Å². The van der Waals surface area contributed by atoms with Gasteiger partial charge in [-0.25, -0.2) is 13.9 Å². The molecule has 28 heavy (non-hydrogen) atoms. The van der Waals surface area contributed by atoms with Gasteiger partial charge in [-0.05, 0) is 37.0 Å². The molecule has 0 radical (unpaired) electrons. The van der Waals surface area contributed by atoms with Gasteiger partial charge in [0.1, 0.15) is 5.82 Å². The minimum absolute atomic E-state index is 0.0294. The number of hydrogen-bond acceptors (Lipinski definition) is 4. The number of aromatic nitrogens is 3. The van der Waals surface area contributed by atoms with Crippen LogP contribution in [0.4, 0.5) is 4.39 Å². The smallest absolute Gasteiger partial charge is 0.345 e. The average Bonchev–Trinajstić information content (AvgIpc) is 3.10. The second-order valence-corrected chi connectivity index (χ2v) is 8.04. The van der Waals surface area contributed by atoms with Crippen molar-refractivity contribution in [1.82, 2.24) is 19.2 Å². The van der Waals surface area contributed by atoms with Gasteiger partial charge in [0.05, 0.1) is 13.2 Å². The zero-order chi connectivity index (χ0) is 20.0. The quantitative estimate of drug-likeness (QED) is 0.804. The highest BCUT2D eigenvalue weighted by atomic mass is 19.1. The fourth-order valence-corrected chi connectivity index (χ4v) is 4.33. The van der Waals surface area contributed by atoms with Crippen LogP contribution in [0, 0.1) is 11.7 Å². The number of amides is 1. The van der Waals surface area contributed by atoms with E-state index in [9.17, 15) is 14.0 Å². The Morgan fingerprint density at radius 3 is 2.75 bits per heavy atom. The normalized spacial score (nSPS) is 21.0. The van der Waals surface area contributed by atoms with E-state index < -0.39 is 5.82 Å². The van der Waals surface area contributed by atoms with E-state index in [1.165, 1.54) is 23.9 Å². The molecule has 0 aliphatic carbocycles. The van der Waals surface area contributed by atoms with Gasteiger partial charge in [-0.3, -0.25) is 9.36 Å². The van der Waals surface area contributed by atoms with Crippen molar-refractivity contribution in [2.75, 3.05) is 7.11 Å². The molecule has 0 spiro atoms. The Bertz CT molecular complexity index is 965. The largest absolute Gasteiger partial charge is 0.494 e. The first kappa shape index (κ1) is 18.7. The minimum atomic E-state index is -0.556. The van der Waals surface area contributed by atoms with Crippen molar-refractivity contribution in [2.24, 2.45) is 5.92 Å². The number of nitrogens with zero attached hydrogens (tertiary/aromatic N) is 4. The third kappa shape index (κ3) is 3.10. The first-order valence-corrected chi connectivity index (χ1v) is 9.71. The Labute approximate surface area is 162 Å². The van der Waals surface area contributed by atoms with Crippen LogP contribution in [0.5, 0.6) is 5.75 Å². The van der Waals surface area contributed by atoms with Crippen LogP contribution in [0.1, 0.15) is 42.9 Å². The second kappa shape index (κ2) is 7.07. The van der Waals surface area contributed by atoms with Crippen molar-refractivity contribution in [3.63, 3.8) is 0 Å². The summed E-state index contributed by atoms with van der Waals surface area (Å²) >= 11 is 0. The second-order valence-electron chi connectivity index (χ2n) is 8.04. The first-order valence-electron chi connectivity index (χ1n) is 9.71. The number of methoxy groups -OCH3 is 1. The van der Waals surface area contributed by atoms with Crippen LogP contribution in [0.15, 0.2) is 23.0 Å². The van der Waals surface area contributed by atoms with Crippen molar-refractivity contribution >= 4 is 5.91 Å². The summed E-state index contributed by atoms with van der Waals surface area (Å²) in [6.07, 6.45) is 2.23. The molecular weight excluding hydrogens is 363 g/mol. The molecule has 2 aliphatic heterocycles. The molecular formula is C20H25FN4O3. The molecule has 150 valence electrons. The number of rotatable bonds is 4. The zero-order valence-corrected chi connectivity index (χ0v) is 16.4. The van der Waals surface area contributed by atoms with Crippen LogP contribution in [0.3, 0.4) is 0 Å². The van der Waals surface area contributed by atoms with E-state index in [0.717, 1.165) is 18.7 Å². The van der Waals surface area contributed by atoms with Crippen LogP contribution in [0.2, 0.25) is 0 Å². The predicted octanol–water partition coefficient (Wildman–Crippen LogP) is 2.08. The fourth-order valence-electron chi connectivity index (χ4n) is 4.33. The van der Waals surface area contributed by atoms with Crippen LogP contribution in [-0.4, -0.2) is 44.3 Å². The van der Waals surface area contributed by atoms with E-state index in [-0.39, 0.29) is 29.4 Å². The molecule has 8 heteroatoms. The molecule has 1 fully saturated rings. The molecule has 0 saturated carbocycles. The molecule has 2 bridgehead atoms. The van der Waals surface area contributed by atoms with Gasteiger partial charge in [-0.1, -0.05) is 13.8 Å². The van der Waals surface area contributed by atoms with E-state index in [4.69, 9.17) is 4.74 Å². The van der Waals surface area contributed by atoms with Gasteiger partial charge in [-0.2, -0.15) is 5.10 Å². The predicted molar refractivity (Wildman–Crippen MR) is 101 cm³/mol. The summed E-state index contributed by atoms with van der Waals surface area (Å²) in [7, 11) is 1.39. The number of fused-ring (bicyclic) bond motifs is 3. The molecule has 4 rings (SSSR count). The Hall–Kier alpha value is -2.64. The standard InChI is InChI=1S/C20H25FN4O3/c1-12(2)10-24-20(27)23-11-15-6-5-14(9-18(23)22-24)25(15)19(26)13-4-7-17(28-3)16(21)8-13/h4,7-8,12,14-15H,5-6,9-11H2,1-3H3/t14-,15+/m0/s1. The van der Waals surface area contributed by atoms with Gasteiger partial charge in [-0.15, -0.1) is 0 Å². The van der Waals surface area contributed by atoms with Crippen LogP contribution >= 0.6 is 0 Å². The van der Waals surface area contributed by atoms with E-state index in [1.807, 2.05) is 4.90 Å². The third-order valence-corrected chi connectivity index (χ3v) is 5.60. The maximum absolute atomic E-state index is 14.1. The highest BCUT2D eigenvalue weighted by molar-refractivity contribution is 5.95. The van der Waals surface area contributed by atoms with Crippen molar-refractivity contribution in [3.05, 3.63) is 45.9 Å². The molecule has 2 aromatic rings. The van der Waals surface area contributed by atoms with Crippen molar-refractivity contribution in [1.29, 1.82) is 0 Å². The average molecular weight is 388 g/mol. The Morgan fingerprint density at radius 2 is 2.07 bits per heavy atom. The van der Waals surface area contributed by atoms with E-state index >= 15 is 0 Å². The maximum atomic E-state index is 14.1. The number of halogens is 1. The molecule has 3 heterocycles. The molecule has 0 unspecified atom stereocenters. The van der Waals surface area contributed by atoms with Gasteiger partial charge in [0.15, 0.2) is 11.6 Å². The number of benzene rings is 1. The Balaban J connectivity index is 1.62. The maximum Gasteiger partial charge on any atom is 0.345 e. The number of carbonyl (C=O) groups is 1. The van der Waals surface area contributed by atoms with Crippen LogP contribution in [-0.2, 0) is 19.5 Å². The molecule has 0 N–H and O–H groups in total. The lowest BCUT2D eigenvalue weighted by Crippen LogP contribution is -2.43. The Morgan fingerprint density at radius 1 is 1.32 bits per heavy atom. The van der Waals surface area contributed by atoms with Crippen LogP contribution < -0.4 is 10.4 Å². The summed E-state index contributed by atoms with van der Waals surface area (Å²) < 4.78 is 22.3. The van der Waals surface area contributed by atoms with Gasteiger partial charge < -0.3 is 9.64 Å². The molecule has 1 aromatic carbocycles. The lowest BCUT2D eigenvalue weighted by atomic mass is 10.1. The first-order chi connectivity index (χ1) is 13.4. The van der Waals surface area contributed by atoms with Gasteiger partial charge >= 0.3 is 5.69 Å². The number of carbonyl (C=O) groups excluding carboxylic acids is 1. The SMILES string of the molecule is COc1ccc(C(=O)N2[C@@H]3CC[C@H]2Cc2nn(CC(C)C)c(=O)n2C3)cc1F. The van der Waals surface area contributed by atoms with Gasteiger partial charge in [0, 0.05) is 31.1 Å². The van der Waals surface area contributed by atoms with Crippen molar-refractivity contribution in [3.8, 4) is 5.75 Å². The number of ether oxygens (including phenoxy) is 1. The monoisotopic (exact) mass is 388 g/mol. The highest BCUT2D eigenvalue weighted by Crippen LogP contribution is 2.32. The summed E-state index contributed by atoms with van der Waals surface area (Å²) in [4.78, 5) is 27.7. The number of hydrogen-bond donors (Lipinski definition) is 0. The summed E-state index contributed by atoms with van der Waals surface area (Å²) in [5.41, 5.74) is 0.186. The van der Waals surface area contributed by atoms with Crippen molar-refractivity contribution < 1.29 is 13.9 Å². The van der Waals surface area contributed by atoms with E-state index in [1.54, 1.807) is 10.6 Å². The molecule has 1 aromatic heterocycles. The fraction of sp³-hybridized carbons (Fsp3) is 0.550. The summed E-state index contributed by atoms with van der Waals surface area (Å²) in [6.45, 7) is 5.12. The summed E-state index contributed by atoms with van der Waals surface area (Å²) in [5, 5.41) is 4.53. The Kier molecular flexibility index (Phi) is 4.72. The minimum Gasteiger partial charge on any atom is -0.494 e. The molecule has 1 amide bonds. The van der Waals surface area contributed by atoms with E-state index in [0.29, 0.717) is 31.0 Å². The molecule has 2 atom stereocenters. The van der Waals surface area contributed by atoms with Gasteiger partial charge in [0.25, 0.3) is 5.91 Å². The zero-order valence-electron chi connectivity index (χ0n) is 16.4. The van der Waals surface area contributed by atoms with Gasteiger partial charge in [0.2, 0.25) is 0 Å². The van der Waals surface area contributed by atoms with Crippen molar-refractivity contribution in [2.45, 2.75) is 58.3 Å². The topological polar surface area (TPSA) is 69.4 Å². The summed E-state index contributed by atoms with van der Waals surface area (Å²) in [5.74, 6) is 0.414. The lowest BCUT2D eigenvalue weighted by molar-refractivity contribution is 0.0664. The highest BCUT2D eigenvalue weighted by Gasteiger charge is 2.41. The molecule has 2 aliphatic rings. The van der Waals surface area contributed by atoms with E-state index in [2.05, 4.69) is 18.9 Å². The lowest BCUT2D eigenvalue weighted by Gasteiger charge is -2.28. The molecule has 7 nitrogen and oxygen atoms in total.